The number of hydrogen-bond acceptors (Lipinski definition) is 2. The third-order valence-electron chi connectivity index (χ3n) is 4.22. The second-order valence-electron chi connectivity index (χ2n) is 5.66. The molecule has 0 aromatic rings. The van der Waals surface area contributed by atoms with Gasteiger partial charge in [0.05, 0.1) is 6.61 Å². The Morgan fingerprint density at radius 3 is 2.07 bits per heavy atom. The van der Waals surface area contributed by atoms with Crippen LogP contribution in [0.2, 0.25) is 0 Å². The van der Waals surface area contributed by atoms with E-state index in [1.165, 1.54) is 0 Å². The van der Waals surface area contributed by atoms with Crippen molar-refractivity contribution in [2.75, 3.05) is 13.2 Å². The Bertz CT molecular complexity index is 184. The molecule has 2 heteroatoms. The smallest absolute Gasteiger partial charge is 0.0620 e. The summed E-state index contributed by atoms with van der Waals surface area (Å²) >= 11 is 0. The molecule has 1 rings (SSSR count). The van der Waals surface area contributed by atoms with Gasteiger partial charge in [0.25, 0.3) is 0 Å². The van der Waals surface area contributed by atoms with Crippen LogP contribution in [0.3, 0.4) is 0 Å². The van der Waals surface area contributed by atoms with E-state index in [4.69, 9.17) is 10.5 Å². The van der Waals surface area contributed by atoms with Gasteiger partial charge in [0.1, 0.15) is 0 Å². The minimum absolute atomic E-state index is 0.201. The quantitative estimate of drug-likeness (QED) is 0.690. The van der Waals surface area contributed by atoms with Crippen LogP contribution in [0.4, 0.5) is 0 Å². The van der Waals surface area contributed by atoms with Crippen LogP contribution in [0.25, 0.3) is 0 Å². The average molecular weight is 199 g/mol. The highest BCUT2D eigenvalue weighted by Crippen LogP contribution is 2.69. The zero-order chi connectivity index (χ0) is 11.0. The van der Waals surface area contributed by atoms with E-state index in [0.29, 0.717) is 23.4 Å². The Morgan fingerprint density at radius 2 is 1.71 bits per heavy atom. The molecule has 0 aromatic heterocycles. The third kappa shape index (κ3) is 1.82. The van der Waals surface area contributed by atoms with Crippen LogP contribution in [0.1, 0.15) is 41.0 Å². The normalized spacial score (nSPS) is 26.1. The van der Waals surface area contributed by atoms with E-state index in [9.17, 15) is 0 Å². The molecule has 2 N–H and O–H groups in total. The van der Waals surface area contributed by atoms with Gasteiger partial charge < -0.3 is 10.5 Å². The van der Waals surface area contributed by atoms with Gasteiger partial charge in [-0.05, 0) is 23.2 Å². The van der Waals surface area contributed by atoms with Crippen molar-refractivity contribution < 1.29 is 4.74 Å². The highest BCUT2D eigenvalue weighted by Gasteiger charge is 2.66. The maximum absolute atomic E-state index is 6.15. The Hall–Kier alpha value is -0.0800. The molecular formula is C12H25NO. The van der Waals surface area contributed by atoms with Crippen molar-refractivity contribution in [3.05, 3.63) is 0 Å². The maximum Gasteiger partial charge on any atom is 0.0620 e. The summed E-state index contributed by atoms with van der Waals surface area (Å²) in [5.74, 6) is 0.604. The molecule has 0 spiro atoms. The van der Waals surface area contributed by atoms with E-state index in [1.54, 1.807) is 0 Å². The van der Waals surface area contributed by atoms with Crippen LogP contribution in [-0.4, -0.2) is 19.3 Å². The summed E-state index contributed by atoms with van der Waals surface area (Å²) < 4.78 is 5.51. The molecule has 14 heavy (non-hydrogen) atoms. The monoisotopic (exact) mass is 199 g/mol. The second-order valence-corrected chi connectivity index (χ2v) is 5.66. The Kier molecular flexibility index (Phi) is 3.27. The molecule has 0 bridgehead atoms. The van der Waals surface area contributed by atoms with E-state index in [1.807, 2.05) is 0 Å². The zero-order valence-corrected chi connectivity index (χ0v) is 10.3. The van der Waals surface area contributed by atoms with Gasteiger partial charge in [-0.25, -0.2) is 0 Å². The maximum atomic E-state index is 6.15. The van der Waals surface area contributed by atoms with Crippen LogP contribution < -0.4 is 5.73 Å². The molecule has 0 amide bonds. The lowest BCUT2D eigenvalue weighted by Crippen LogP contribution is -2.31. The molecule has 1 aliphatic rings. The van der Waals surface area contributed by atoms with E-state index >= 15 is 0 Å². The molecule has 0 aromatic carbocycles. The van der Waals surface area contributed by atoms with Crippen molar-refractivity contribution in [3.8, 4) is 0 Å². The highest BCUT2D eigenvalue weighted by atomic mass is 16.5. The van der Waals surface area contributed by atoms with Crippen LogP contribution in [0, 0.1) is 16.7 Å². The fraction of sp³-hybridized carbons (Fsp3) is 1.00. The lowest BCUT2D eigenvalue weighted by molar-refractivity contribution is 0.111. The molecule has 1 fully saturated rings. The molecule has 1 saturated carbocycles. The molecule has 1 aliphatic carbocycles. The predicted molar refractivity (Wildman–Crippen MR) is 60.1 cm³/mol. The Morgan fingerprint density at radius 1 is 1.21 bits per heavy atom. The van der Waals surface area contributed by atoms with E-state index < -0.39 is 0 Å². The van der Waals surface area contributed by atoms with Crippen molar-refractivity contribution in [3.63, 3.8) is 0 Å². The van der Waals surface area contributed by atoms with Gasteiger partial charge in [-0.1, -0.05) is 34.6 Å². The molecule has 0 saturated heterocycles. The Balaban J connectivity index is 2.37. The zero-order valence-electron chi connectivity index (χ0n) is 10.3. The van der Waals surface area contributed by atoms with Gasteiger partial charge >= 0.3 is 0 Å². The van der Waals surface area contributed by atoms with Gasteiger partial charge in [-0.3, -0.25) is 0 Å². The van der Waals surface area contributed by atoms with Crippen LogP contribution in [0.5, 0.6) is 0 Å². The molecule has 0 aliphatic heterocycles. The molecule has 1 atom stereocenters. The minimum Gasteiger partial charge on any atom is -0.380 e. The molecule has 0 radical (unpaired) electrons. The minimum atomic E-state index is 0.201. The molecule has 1 unspecified atom stereocenters. The fourth-order valence-electron chi connectivity index (χ4n) is 2.78. The summed E-state index contributed by atoms with van der Waals surface area (Å²) in [6, 6.07) is 0.201. The first kappa shape index (κ1) is 12.0. The molecule has 84 valence electrons. The van der Waals surface area contributed by atoms with E-state index in [0.717, 1.165) is 13.0 Å². The summed E-state index contributed by atoms with van der Waals surface area (Å²) in [5.41, 5.74) is 6.90. The fourth-order valence-corrected chi connectivity index (χ4v) is 2.78. The lowest BCUT2D eigenvalue weighted by atomic mass is 10.0. The summed E-state index contributed by atoms with van der Waals surface area (Å²) in [6.07, 6.45) is 1.07. The van der Waals surface area contributed by atoms with E-state index in [2.05, 4.69) is 34.6 Å². The van der Waals surface area contributed by atoms with Crippen LogP contribution in [-0.2, 0) is 4.74 Å². The highest BCUT2D eigenvalue weighted by molar-refractivity contribution is 5.15. The SMILES string of the molecule is CCCOCC(N)C1C(C)(C)C1(C)C. The average Bonchev–Trinajstić information content (AvgIpc) is 2.43. The predicted octanol–water partition coefficient (Wildman–Crippen LogP) is 2.42. The first-order chi connectivity index (χ1) is 6.35. The third-order valence-corrected chi connectivity index (χ3v) is 4.22. The Labute approximate surface area is 88.2 Å². The summed E-state index contributed by atoms with van der Waals surface area (Å²) in [5, 5.41) is 0. The standard InChI is InChI=1S/C12H25NO/c1-6-7-14-8-9(13)10-11(2,3)12(10,4)5/h9-10H,6-8,13H2,1-5H3. The van der Waals surface area contributed by atoms with Gasteiger partial charge in [-0.15, -0.1) is 0 Å². The number of ether oxygens (including phenoxy) is 1. The van der Waals surface area contributed by atoms with Crippen molar-refractivity contribution in [1.82, 2.24) is 0 Å². The van der Waals surface area contributed by atoms with Crippen molar-refractivity contribution in [1.29, 1.82) is 0 Å². The van der Waals surface area contributed by atoms with Gasteiger partial charge in [0.15, 0.2) is 0 Å². The second kappa shape index (κ2) is 3.82. The first-order valence-electron chi connectivity index (χ1n) is 5.69. The van der Waals surface area contributed by atoms with Gasteiger partial charge in [0.2, 0.25) is 0 Å². The van der Waals surface area contributed by atoms with Crippen molar-refractivity contribution in [2.24, 2.45) is 22.5 Å². The molecule has 2 nitrogen and oxygen atoms in total. The van der Waals surface area contributed by atoms with Gasteiger partial charge in [-0.2, -0.15) is 0 Å². The summed E-state index contributed by atoms with van der Waals surface area (Å²) in [4.78, 5) is 0. The number of rotatable bonds is 5. The number of nitrogens with two attached hydrogens (primary N) is 1. The van der Waals surface area contributed by atoms with Crippen LogP contribution in [0.15, 0.2) is 0 Å². The lowest BCUT2D eigenvalue weighted by Gasteiger charge is -2.13. The van der Waals surface area contributed by atoms with E-state index in [-0.39, 0.29) is 6.04 Å². The first-order valence-corrected chi connectivity index (χ1v) is 5.69. The largest absolute Gasteiger partial charge is 0.380 e. The summed E-state index contributed by atoms with van der Waals surface area (Å²) in [7, 11) is 0. The topological polar surface area (TPSA) is 35.2 Å². The number of hydrogen-bond donors (Lipinski definition) is 1. The van der Waals surface area contributed by atoms with Crippen LogP contribution >= 0.6 is 0 Å². The molecular weight excluding hydrogens is 174 g/mol. The summed E-state index contributed by atoms with van der Waals surface area (Å²) in [6.45, 7) is 12.9. The molecule has 0 heterocycles. The van der Waals surface area contributed by atoms with Crippen molar-refractivity contribution >= 4 is 0 Å². The van der Waals surface area contributed by atoms with Crippen molar-refractivity contribution in [2.45, 2.75) is 47.1 Å². The van der Waals surface area contributed by atoms with Gasteiger partial charge in [0, 0.05) is 12.6 Å².